The lowest BCUT2D eigenvalue weighted by molar-refractivity contribution is -0.138. The standard InChI is InChI=1S/C17H19N3O4/c21-15-9-8-14(18-20(15)12-5-2-1-3-6-12)17(24)19-10-4-7-13(19)11-16(22)23/h1-3,5-6,13H,4,7-11H2,(H,22,23). The van der Waals surface area contributed by atoms with E-state index in [0.29, 0.717) is 24.4 Å². The summed E-state index contributed by atoms with van der Waals surface area (Å²) in [5.41, 5.74) is 0.937. The molecular weight excluding hydrogens is 310 g/mol. The van der Waals surface area contributed by atoms with Crippen molar-refractivity contribution in [2.75, 3.05) is 11.6 Å². The fourth-order valence-corrected chi connectivity index (χ4v) is 3.16. The molecular formula is C17H19N3O4. The Hall–Kier alpha value is -2.70. The Balaban J connectivity index is 1.81. The van der Waals surface area contributed by atoms with Crippen LogP contribution in [0.1, 0.15) is 32.1 Å². The molecule has 24 heavy (non-hydrogen) atoms. The molecule has 0 aliphatic carbocycles. The Labute approximate surface area is 139 Å². The van der Waals surface area contributed by atoms with Crippen molar-refractivity contribution in [3.63, 3.8) is 0 Å². The van der Waals surface area contributed by atoms with E-state index in [1.54, 1.807) is 29.2 Å². The van der Waals surface area contributed by atoms with E-state index in [1.807, 2.05) is 6.07 Å². The fraction of sp³-hybridized carbons (Fsp3) is 0.412. The predicted octanol–water partition coefficient (Wildman–Crippen LogP) is 1.64. The summed E-state index contributed by atoms with van der Waals surface area (Å²) in [6, 6.07) is 8.68. The number of carbonyl (C=O) groups is 3. The van der Waals surface area contributed by atoms with Crippen LogP contribution in [0.25, 0.3) is 0 Å². The second kappa shape index (κ2) is 6.82. The van der Waals surface area contributed by atoms with Gasteiger partial charge < -0.3 is 10.0 Å². The number of amides is 2. The molecule has 0 aromatic heterocycles. The summed E-state index contributed by atoms with van der Waals surface area (Å²) in [5, 5.41) is 14.5. The molecule has 1 N–H and O–H groups in total. The number of nitrogens with zero attached hydrogens (tertiary/aromatic N) is 3. The van der Waals surface area contributed by atoms with Crippen molar-refractivity contribution in [1.29, 1.82) is 0 Å². The summed E-state index contributed by atoms with van der Waals surface area (Å²) < 4.78 is 0. The number of hydrazone groups is 1. The quantitative estimate of drug-likeness (QED) is 0.909. The molecule has 1 unspecified atom stereocenters. The van der Waals surface area contributed by atoms with E-state index >= 15 is 0 Å². The molecule has 2 heterocycles. The molecule has 1 fully saturated rings. The first-order valence-corrected chi connectivity index (χ1v) is 8.04. The van der Waals surface area contributed by atoms with Gasteiger partial charge in [-0.2, -0.15) is 5.10 Å². The highest BCUT2D eigenvalue weighted by molar-refractivity contribution is 6.40. The molecule has 1 aromatic carbocycles. The maximum atomic E-state index is 12.7. The predicted molar refractivity (Wildman–Crippen MR) is 87.6 cm³/mol. The van der Waals surface area contributed by atoms with Crippen LogP contribution >= 0.6 is 0 Å². The van der Waals surface area contributed by atoms with Crippen molar-refractivity contribution in [2.45, 2.75) is 38.1 Å². The molecule has 0 radical (unpaired) electrons. The van der Waals surface area contributed by atoms with Crippen LogP contribution in [-0.2, 0) is 14.4 Å². The number of likely N-dealkylation sites (tertiary alicyclic amines) is 1. The van der Waals surface area contributed by atoms with Crippen LogP contribution < -0.4 is 5.01 Å². The summed E-state index contributed by atoms with van der Waals surface area (Å²) >= 11 is 0. The average Bonchev–Trinajstić information content (AvgIpc) is 3.03. The average molecular weight is 329 g/mol. The second-order valence-corrected chi connectivity index (χ2v) is 5.98. The zero-order valence-corrected chi connectivity index (χ0v) is 13.2. The molecule has 0 saturated carbocycles. The smallest absolute Gasteiger partial charge is 0.305 e. The van der Waals surface area contributed by atoms with Crippen LogP contribution in [0.3, 0.4) is 0 Å². The number of carboxylic acids is 1. The molecule has 0 bridgehead atoms. The summed E-state index contributed by atoms with van der Waals surface area (Å²) in [6.07, 6.45) is 1.93. The Morgan fingerprint density at radius 3 is 2.67 bits per heavy atom. The van der Waals surface area contributed by atoms with Crippen LogP contribution in [-0.4, -0.2) is 46.1 Å². The number of benzene rings is 1. The molecule has 2 aliphatic rings. The van der Waals surface area contributed by atoms with Gasteiger partial charge in [0.2, 0.25) is 5.91 Å². The Kier molecular flexibility index (Phi) is 4.59. The monoisotopic (exact) mass is 329 g/mol. The number of hydrogen-bond donors (Lipinski definition) is 1. The highest BCUT2D eigenvalue weighted by Crippen LogP contribution is 2.24. The fourth-order valence-electron chi connectivity index (χ4n) is 3.16. The summed E-state index contributed by atoms with van der Waals surface area (Å²) in [5.74, 6) is -1.32. The van der Waals surface area contributed by atoms with Crippen molar-refractivity contribution >= 4 is 29.2 Å². The molecule has 3 rings (SSSR count). The number of hydrogen-bond acceptors (Lipinski definition) is 4. The van der Waals surface area contributed by atoms with Crippen molar-refractivity contribution in [2.24, 2.45) is 5.10 Å². The summed E-state index contributed by atoms with van der Waals surface area (Å²) in [4.78, 5) is 37.4. The van der Waals surface area contributed by atoms with Crippen LogP contribution in [0, 0.1) is 0 Å². The molecule has 0 spiro atoms. The van der Waals surface area contributed by atoms with Gasteiger partial charge in [-0.25, -0.2) is 5.01 Å². The van der Waals surface area contributed by atoms with E-state index in [-0.39, 0.29) is 37.1 Å². The lowest BCUT2D eigenvalue weighted by Gasteiger charge is -2.28. The van der Waals surface area contributed by atoms with Crippen molar-refractivity contribution in [1.82, 2.24) is 4.90 Å². The molecule has 1 aromatic rings. The summed E-state index contributed by atoms with van der Waals surface area (Å²) in [7, 11) is 0. The van der Waals surface area contributed by atoms with Gasteiger partial charge in [0.25, 0.3) is 5.91 Å². The minimum absolute atomic E-state index is 0.0552. The maximum Gasteiger partial charge on any atom is 0.305 e. The SMILES string of the molecule is O=C(O)CC1CCCN1C(=O)C1=NN(c2ccccc2)C(=O)CC1. The topological polar surface area (TPSA) is 90.3 Å². The first kappa shape index (κ1) is 16.2. The number of rotatable bonds is 4. The maximum absolute atomic E-state index is 12.7. The minimum atomic E-state index is -0.911. The van der Waals surface area contributed by atoms with Gasteiger partial charge in [-0.3, -0.25) is 14.4 Å². The molecule has 7 nitrogen and oxygen atoms in total. The lowest BCUT2D eigenvalue weighted by atomic mass is 10.1. The number of para-hydroxylation sites is 1. The number of aliphatic carboxylic acids is 1. The van der Waals surface area contributed by atoms with E-state index < -0.39 is 5.97 Å². The number of carbonyl (C=O) groups excluding carboxylic acids is 2. The number of anilines is 1. The molecule has 126 valence electrons. The van der Waals surface area contributed by atoms with Gasteiger partial charge in [0, 0.05) is 25.4 Å². The van der Waals surface area contributed by atoms with Gasteiger partial charge in [-0.15, -0.1) is 0 Å². The molecule has 1 saturated heterocycles. The van der Waals surface area contributed by atoms with Gasteiger partial charge >= 0.3 is 5.97 Å². The first-order valence-electron chi connectivity index (χ1n) is 8.04. The van der Waals surface area contributed by atoms with Crippen LogP contribution in [0.2, 0.25) is 0 Å². The molecule has 2 aliphatic heterocycles. The highest BCUT2D eigenvalue weighted by Gasteiger charge is 2.35. The van der Waals surface area contributed by atoms with Gasteiger partial charge in [0.15, 0.2) is 0 Å². The molecule has 2 amide bonds. The van der Waals surface area contributed by atoms with E-state index in [9.17, 15) is 14.4 Å². The van der Waals surface area contributed by atoms with E-state index in [4.69, 9.17) is 5.11 Å². The van der Waals surface area contributed by atoms with E-state index in [2.05, 4.69) is 5.10 Å². The third kappa shape index (κ3) is 3.29. The normalized spacial score (nSPS) is 20.9. The van der Waals surface area contributed by atoms with E-state index in [0.717, 1.165) is 6.42 Å². The van der Waals surface area contributed by atoms with Gasteiger partial charge in [0.05, 0.1) is 12.1 Å². The third-order valence-corrected chi connectivity index (χ3v) is 4.33. The van der Waals surface area contributed by atoms with Crippen molar-refractivity contribution < 1.29 is 19.5 Å². The van der Waals surface area contributed by atoms with Gasteiger partial charge in [-0.05, 0) is 25.0 Å². The van der Waals surface area contributed by atoms with Gasteiger partial charge in [-0.1, -0.05) is 18.2 Å². The Morgan fingerprint density at radius 2 is 1.96 bits per heavy atom. The lowest BCUT2D eigenvalue weighted by Crippen LogP contribution is -2.44. The molecule has 1 atom stereocenters. The van der Waals surface area contributed by atoms with Crippen molar-refractivity contribution in [3.05, 3.63) is 30.3 Å². The van der Waals surface area contributed by atoms with Crippen molar-refractivity contribution in [3.8, 4) is 0 Å². The highest BCUT2D eigenvalue weighted by atomic mass is 16.4. The first-order chi connectivity index (χ1) is 11.6. The Morgan fingerprint density at radius 1 is 1.21 bits per heavy atom. The zero-order chi connectivity index (χ0) is 17.1. The number of carboxylic acid groups (broad SMARTS) is 1. The summed E-state index contributed by atoms with van der Waals surface area (Å²) in [6.45, 7) is 0.537. The van der Waals surface area contributed by atoms with Crippen LogP contribution in [0.5, 0.6) is 0 Å². The van der Waals surface area contributed by atoms with E-state index in [1.165, 1.54) is 5.01 Å². The largest absolute Gasteiger partial charge is 0.481 e. The Bertz CT molecular complexity index is 686. The minimum Gasteiger partial charge on any atom is -0.481 e. The second-order valence-electron chi connectivity index (χ2n) is 5.98. The van der Waals surface area contributed by atoms with Gasteiger partial charge in [0.1, 0.15) is 5.71 Å². The zero-order valence-electron chi connectivity index (χ0n) is 13.2. The molecule has 7 heteroatoms. The van der Waals surface area contributed by atoms with Crippen LogP contribution in [0.15, 0.2) is 35.4 Å². The van der Waals surface area contributed by atoms with Crippen LogP contribution in [0.4, 0.5) is 5.69 Å². The third-order valence-electron chi connectivity index (χ3n) is 4.33.